The lowest BCUT2D eigenvalue weighted by Gasteiger charge is -2.65. The number of imidazole rings is 1. The number of pyridine rings is 2. The van der Waals surface area contributed by atoms with E-state index in [0.717, 1.165) is 66.0 Å². The third-order valence-corrected chi connectivity index (χ3v) is 11.6. The van der Waals surface area contributed by atoms with E-state index < -0.39 is 0 Å². The van der Waals surface area contributed by atoms with Gasteiger partial charge in [0.15, 0.2) is 5.88 Å². The van der Waals surface area contributed by atoms with E-state index in [1.54, 1.807) is 7.11 Å². The van der Waals surface area contributed by atoms with Gasteiger partial charge in [-0.25, -0.2) is 9.97 Å². The molecule has 2 atom stereocenters. The van der Waals surface area contributed by atoms with Gasteiger partial charge in [0.25, 0.3) is 5.91 Å². The molecule has 5 aliphatic carbocycles. The minimum Gasteiger partial charge on any atom is -0.482 e. The van der Waals surface area contributed by atoms with Crippen molar-refractivity contribution in [1.29, 1.82) is 5.26 Å². The first-order valence-electron chi connectivity index (χ1n) is 17.6. The predicted molar refractivity (Wildman–Crippen MR) is 179 cm³/mol. The fraction of sp³-hybridized carbons (Fsp3) is 0.541. The van der Waals surface area contributed by atoms with Crippen molar-refractivity contribution >= 4 is 28.5 Å². The van der Waals surface area contributed by atoms with Crippen LogP contribution in [0.4, 0.5) is 0 Å². The van der Waals surface area contributed by atoms with Crippen LogP contribution in [0.5, 0.6) is 5.88 Å². The van der Waals surface area contributed by atoms with E-state index in [9.17, 15) is 14.9 Å². The highest BCUT2D eigenvalue weighted by molar-refractivity contribution is 5.96. The van der Waals surface area contributed by atoms with Gasteiger partial charge in [0.1, 0.15) is 17.0 Å². The Morgan fingerprint density at radius 3 is 2.60 bits per heavy atom. The zero-order valence-electron chi connectivity index (χ0n) is 27.7. The van der Waals surface area contributed by atoms with Crippen LogP contribution < -0.4 is 15.8 Å². The van der Waals surface area contributed by atoms with Crippen LogP contribution in [0.15, 0.2) is 30.3 Å². The van der Waals surface area contributed by atoms with E-state index in [1.807, 2.05) is 30.0 Å². The summed E-state index contributed by atoms with van der Waals surface area (Å²) in [6.07, 6.45) is 8.39. The quantitative estimate of drug-likeness (QED) is 0.258. The second-order valence-electron chi connectivity index (χ2n) is 15.4. The highest BCUT2D eigenvalue weighted by atomic mass is 16.5. The summed E-state index contributed by atoms with van der Waals surface area (Å²) in [7, 11) is 1.65. The number of carbonyl (C=O) groups excluding carboxylic acids is 2. The molecule has 48 heavy (non-hydrogen) atoms. The Kier molecular flexibility index (Phi) is 6.52. The zero-order chi connectivity index (χ0) is 32.9. The van der Waals surface area contributed by atoms with Crippen LogP contribution in [0.3, 0.4) is 0 Å². The van der Waals surface area contributed by atoms with Crippen LogP contribution in [-0.4, -0.2) is 61.9 Å². The lowest BCUT2D eigenvalue weighted by atomic mass is 9.35. The Morgan fingerprint density at radius 1 is 1.12 bits per heavy atom. The zero-order valence-corrected chi connectivity index (χ0v) is 27.7. The molecule has 0 unspecified atom stereocenters. The number of rotatable bonds is 9. The van der Waals surface area contributed by atoms with E-state index in [0.29, 0.717) is 61.3 Å². The van der Waals surface area contributed by atoms with Crippen LogP contribution in [0.2, 0.25) is 0 Å². The highest BCUT2D eigenvalue weighted by Gasteiger charge is 2.72. The first-order chi connectivity index (χ1) is 23.2. The number of nitrogens with zero attached hydrogens (tertiary/aromatic N) is 6. The summed E-state index contributed by atoms with van der Waals surface area (Å²) in [6.45, 7) is 4.10. The third kappa shape index (κ3) is 4.63. The molecule has 3 N–H and O–H groups in total. The summed E-state index contributed by atoms with van der Waals surface area (Å²) in [5.74, 6) is 1.56. The van der Waals surface area contributed by atoms with E-state index in [4.69, 9.17) is 20.4 Å². The van der Waals surface area contributed by atoms with E-state index in [-0.39, 0.29) is 34.7 Å². The number of nitrogens with two attached hydrogens (primary N) is 1. The van der Waals surface area contributed by atoms with Gasteiger partial charge in [0.05, 0.1) is 47.1 Å². The minimum absolute atomic E-state index is 0.000441. The Hall–Kier alpha value is -4.43. The van der Waals surface area contributed by atoms with Crippen molar-refractivity contribution in [3.05, 3.63) is 47.3 Å². The SMILES string of the molecule is COc1cc(C(=O)N2CCC[C@@H](N)C2)cc2nc(-c3cc4ccc([C@@H](C)NC(=O)C56CC(C#N)(C5)C6)nc4n3CC3CC3)c(C3CC3)n12. The molecule has 0 aromatic carbocycles. The third-order valence-electron chi connectivity index (χ3n) is 11.6. The summed E-state index contributed by atoms with van der Waals surface area (Å²) in [5.41, 5.74) is 11.6. The number of ether oxygens (including phenoxy) is 1. The number of nitriles is 1. The molecule has 10 rings (SSSR count). The maximum Gasteiger partial charge on any atom is 0.254 e. The molecule has 11 nitrogen and oxygen atoms in total. The van der Waals surface area contributed by atoms with Gasteiger partial charge in [-0.1, -0.05) is 0 Å². The number of hydrogen-bond acceptors (Lipinski definition) is 7. The Labute approximate surface area is 279 Å². The van der Waals surface area contributed by atoms with Crippen molar-refractivity contribution in [1.82, 2.24) is 29.2 Å². The van der Waals surface area contributed by atoms with Crippen molar-refractivity contribution in [2.45, 2.75) is 89.3 Å². The summed E-state index contributed by atoms with van der Waals surface area (Å²) in [5, 5.41) is 13.6. The van der Waals surface area contributed by atoms with Crippen LogP contribution >= 0.6 is 0 Å². The van der Waals surface area contributed by atoms with Gasteiger partial charge in [-0.2, -0.15) is 5.26 Å². The molecule has 1 saturated heterocycles. The number of piperidine rings is 1. The number of methoxy groups -OCH3 is 1. The van der Waals surface area contributed by atoms with Crippen molar-refractivity contribution in [3.8, 4) is 23.3 Å². The van der Waals surface area contributed by atoms with E-state index in [1.165, 1.54) is 12.8 Å². The second-order valence-corrected chi connectivity index (χ2v) is 15.4. The fourth-order valence-electron chi connectivity index (χ4n) is 8.62. The fourth-order valence-corrected chi connectivity index (χ4v) is 8.62. The largest absolute Gasteiger partial charge is 0.482 e. The highest BCUT2D eigenvalue weighted by Crippen LogP contribution is 2.73. The number of carbonyl (C=O) groups is 2. The van der Waals surface area contributed by atoms with Crippen LogP contribution in [0, 0.1) is 28.1 Å². The minimum atomic E-state index is -0.373. The molecule has 248 valence electrons. The number of nitrogens with one attached hydrogen (secondary N) is 1. The molecular weight excluding hydrogens is 604 g/mol. The van der Waals surface area contributed by atoms with Gasteiger partial charge >= 0.3 is 0 Å². The average Bonchev–Trinajstić information content (AvgIpc) is 3.98. The maximum atomic E-state index is 13.7. The van der Waals surface area contributed by atoms with Crippen molar-refractivity contribution < 1.29 is 14.3 Å². The molecule has 0 radical (unpaired) electrons. The molecule has 5 saturated carbocycles. The van der Waals surface area contributed by atoms with Crippen molar-refractivity contribution in [3.63, 3.8) is 0 Å². The number of fused-ring (bicyclic) bond motifs is 2. The molecule has 6 fully saturated rings. The summed E-state index contributed by atoms with van der Waals surface area (Å²) >= 11 is 0. The molecule has 6 aliphatic rings. The Balaban J connectivity index is 1.10. The topological polar surface area (TPSA) is 144 Å². The van der Waals surface area contributed by atoms with Gasteiger partial charge in [0.2, 0.25) is 5.91 Å². The molecule has 11 heteroatoms. The molecule has 0 spiro atoms. The Bertz CT molecular complexity index is 2030. The number of hydrogen-bond donors (Lipinski definition) is 2. The average molecular weight is 647 g/mol. The van der Waals surface area contributed by atoms with Crippen LogP contribution in [0.1, 0.15) is 98.4 Å². The monoisotopic (exact) mass is 646 g/mol. The van der Waals surface area contributed by atoms with Gasteiger partial charge < -0.3 is 25.3 Å². The summed E-state index contributed by atoms with van der Waals surface area (Å²) in [4.78, 5) is 39.1. The molecule has 5 heterocycles. The van der Waals surface area contributed by atoms with Gasteiger partial charge in [-0.15, -0.1) is 0 Å². The number of amides is 2. The van der Waals surface area contributed by atoms with Crippen molar-refractivity contribution in [2.75, 3.05) is 20.2 Å². The molecule has 4 aromatic rings. The molecular formula is C37H42N8O3. The predicted octanol–water partition coefficient (Wildman–Crippen LogP) is 5.08. The maximum absolute atomic E-state index is 13.7. The molecule has 4 aromatic heterocycles. The molecule has 2 bridgehead atoms. The lowest BCUT2D eigenvalue weighted by molar-refractivity contribution is -0.185. The van der Waals surface area contributed by atoms with Crippen molar-refractivity contribution in [2.24, 2.45) is 22.5 Å². The standard InChI is InChI=1S/C37H42N8O3/c1-21(40-35(47)37-17-36(18-37,19-37)20-38)27-10-9-24-12-28(44(33(24)41-27)15-22-5-6-22)31-32(23-7-8-23)45-29(42-31)13-25(14-30(45)48-2)34(46)43-11-3-4-26(39)16-43/h9-10,12-14,21-23,26H,3-8,11,15-19,39H2,1-2H3,(H,40,47)/t21-,26-,36?,37?/m1/s1. The lowest BCUT2D eigenvalue weighted by Crippen LogP contribution is -2.67. The number of likely N-dealkylation sites (tertiary alicyclic amines) is 1. The number of aromatic nitrogens is 4. The first kappa shape index (κ1) is 29.7. The van der Waals surface area contributed by atoms with Gasteiger partial charge in [-0.05, 0) is 94.9 Å². The smallest absolute Gasteiger partial charge is 0.254 e. The van der Waals surface area contributed by atoms with Gasteiger partial charge in [0, 0.05) is 48.6 Å². The van der Waals surface area contributed by atoms with Gasteiger partial charge in [-0.3, -0.25) is 14.0 Å². The molecule has 2 amide bonds. The normalized spacial score (nSPS) is 26.9. The first-order valence-corrected chi connectivity index (χ1v) is 17.6. The van der Waals surface area contributed by atoms with Crippen LogP contribution in [0.25, 0.3) is 28.1 Å². The summed E-state index contributed by atoms with van der Waals surface area (Å²) in [6, 6.07) is 12.2. The Morgan fingerprint density at radius 2 is 1.92 bits per heavy atom. The summed E-state index contributed by atoms with van der Waals surface area (Å²) < 4.78 is 10.4. The molecule has 1 aliphatic heterocycles. The van der Waals surface area contributed by atoms with E-state index in [2.05, 4.69) is 32.5 Å². The second kappa shape index (κ2) is 10.5. The van der Waals surface area contributed by atoms with Crippen LogP contribution in [-0.2, 0) is 11.3 Å². The van der Waals surface area contributed by atoms with E-state index >= 15 is 0 Å².